The fourth-order valence-corrected chi connectivity index (χ4v) is 4.64. The van der Waals surface area contributed by atoms with Gasteiger partial charge in [-0.1, -0.05) is 30.2 Å². The Bertz CT molecular complexity index is 1140. The Morgan fingerprint density at radius 1 is 1.13 bits per heavy atom. The zero-order valence-electron chi connectivity index (χ0n) is 16.4. The summed E-state index contributed by atoms with van der Waals surface area (Å²) >= 11 is 0. The van der Waals surface area contributed by atoms with Crippen LogP contribution in [-0.4, -0.2) is 17.1 Å². The van der Waals surface area contributed by atoms with Crippen molar-refractivity contribution < 1.29 is 9.53 Å². The van der Waals surface area contributed by atoms with Crippen molar-refractivity contribution in [2.75, 3.05) is 4.90 Å². The van der Waals surface area contributed by atoms with Gasteiger partial charge in [-0.05, 0) is 66.3 Å². The number of hydrogen-bond donors (Lipinski definition) is 1. The van der Waals surface area contributed by atoms with Gasteiger partial charge in [-0.3, -0.25) is 4.90 Å². The number of anilines is 1. The minimum atomic E-state index is -0.486. The number of para-hydroxylation sites is 1. The summed E-state index contributed by atoms with van der Waals surface area (Å²) in [5.41, 5.74) is 9.22. The Morgan fingerprint density at radius 2 is 1.97 bits per heavy atom. The van der Waals surface area contributed by atoms with Crippen LogP contribution in [0.2, 0.25) is 0 Å². The number of rotatable bonds is 4. The van der Waals surface area contributed by atoms with Crippen LogP contribution in [0.1, 0.15) is 29.0 Å². The van der Waals surface area contributed by atoms with E-state index in [4.69, 9.17) is 16.9 Å². The lowest BCUT2D eigenvalue weighted by atomic mass is 9.90. The number of amides is 2. The maximum Gasteiger partial charge on any atom is 0.320 e. The molecule has 1 fully saturated rings. The number of primary amides is 1. The first-order valence-corrected chi connectivity index (χ1v) is 10.0. The number of nitrogens with two attached hydrogens (primary N) is 1. The van der Waals surface area contributed by atoms with Gasteiger partial charge < -0.3 is 10.5 Å². The second kappa shape index (κ2) is 7.23. The second-order valence-electron chi connectivity index (χ2n) is 7.75. The molecule has 1 unspecified atom stereocenters. The summed E-state index contributed by atoms with van der Waals surface area (Å²) in [7, 11) is 0. The number of pyridine rings is 1. The molecule has 5 rings (SSSR count). The Balaban J connectivity index is 1.39. The van der Waals surface area contributed by atoms with Crippen molar-refractivity contribution in [3.05, 3.63) is 83.6 Å². The quantitative estimate of drug-likeness (QED) is 0.663. The zero-order valence-corrected chi connectivity index (χ0v) is 16.4. The average Bonchev–Trinajstić information content (AvgIpc) is 3.49. The van der Waals surface area contributed by atoms with Gasteiger partial charge in [-0.2, -0.15) is 0 Å². The number of terminal acetylenes is 1. The summed E-state index contributed by atoms with van der Waals surface area (Å²) in [6, 6.07) is 18.8. The second-order valence-corrected chi connectivity index (χ2v) is 7.75. The van der Waals surface area contributed by atoms with Gasteiger partial charge >= 0.3 is 6.03 Å². The smallest absolute Gasteiger partial charge is 0.320 e. The number of nitrogens with zero attached hydrogens (tertiary/aromatic N) is 2. The van der Waals surface area contributed by atoms with Crippen LogP contribution in [0.25, 0.3) is 0 Å². The molecular formula is C25H21N3O2. The van der Waals surface area contributed by atoms with Crippen LogP contribution in [-0.2, 0) is 6.42 Å². The van der Waals surface area contributed by atoms with E-state index in [2.05, 4.69) is 23.0 Å². The van der Waals surface area contributed by atoms with Gasteiger partial charge in [0.1, 0.15) is 17.3 Å². The molecule has 0 aliphatic heterocycles. The van der Waals surface area contributed by atoms with Crippen LogP contribution in [0.4, 0.5) is 10.6 Å². The molecule has 0 bridgehead atoms. The highest BCUT2D eigenvalue weighted by Crippen LogP contribution is 2.57. The Labute approximate surface area is 175 Å². The molecule has 2 amide bonds. The largest absolute Gasteiger partial charge is 0.456 e. The maximum absolute atomic E-state index is 12.4. The fourth-order valence-electron chi connectivity index (χ4n) is 4.64. The topological polar surface area (TPSA) is 68.5 Å². The number of fused-ring (bicyclic) bond motifs is 3. The molecule has 2 N–H and O–H groups in total. The molecule has 30 heavy (non-hydrogen) atoms. The van der Waals surface area contributed by atoms with Crippen molar-refractivity contribution in [2.24, 2.45) is 11.7 Å². The maximum atomic E-state index is 12.4. The minimum Gasteiger partial charge on any atom is -0.456 e. The van der Waals surface area contributed by atoms with E-state index in [0.29, 0.717) is 17.5 Å². The van der Waals surface area contributed by atoms with Crippen molar-refractivity contribution in [3.63, 3.8) is 0 Å². The molecule has 0 spiro atoms. The molecule has 1 aromatic heterocycles. The molecule has 2 aromatic carbocycles. The average molecular weight is 395 g/mol. The van der Waals surface area contributed by atoms with Gasteiger partial charge in [0.2, 0.25) is 0 Å². The first-order chi connectivity index (χ1) is 14.7. The van der Waals surface area contributed by atoms with E-state index < -0.39 is 6.03 Å². The number of carbonyl (C=O) groups is 1. The minimum absolute atomic E-state index is 0.0221. The monoisotopic (exact) mass is 395 g/mol. The van der Waals surface area contributed by atoms with E-state index >= 15 is 0 Å². The van der Waals surface area contributed by atoms with E-state index in [1.807, 2.05) is 42.5 Å². The third-order valence-corrected chi connectivity index (χ3v) is 6.02. The lowest BCUT2D eigenvalue weighted by Gasteiger charge is -2.20. The first-order valence-electron chi connectivity index (χ1n) is 10.0. The summed E-state index contributed by atoms with van der Waals surface area (Å²) in [5, 5.41) is 0. The molecule has 5 heteroatoms. The number of aromatic nitrogens is 1. The molecule has 3 aromatic rings. The van der Waals surface area contributed by atoms with Gasteiger partial charge in [0.25, 0.3) is 0 Å². The summed E-state index contributed by atoms with van der Waals surface area (Å²) in [6.07, 6.45) is 9.14. The van der Waals surface area contributed by atoms with E-state index in [0.717, 1.165) is 24.2 Å². The van der Waals surface area contributed by atoms with E-state index in [9.17, 15) is 4.79 Å². The summed E-state index contributed by atoms with van der Waals surface area (Å²) in [5.74, 6) is 5.25. The van der Waals surface area contributed by atoms with Crippen LogP contribution in [0.3, 0.4) is 0 Å². The number of ether oxygens (including phenoxy) is 1. The third kappa shape index (κ3) is 3.17. The number of urea groups is 1. The van der Waals surface area contributed by atoms with Gasteiger partial charge in [0.05, 0.1) is 12.2 Å². The van der Waals surface area contributed by atoms with Crippen LogP contribution in [0, 0.1) is 18.3 Å². The summed E-state index contributed by atoms with van der Waals surface area (Å²) in [6.45, 7) is 0. The lowest BCUT2D eigenvalue weighted by molar-refractivity contribution is 0.253. The van der Waals surface area contributed by atoms with Crippen molar-refractivity contribution in [2.45, 2.75) is 24.8 Å². The molecule has 5 nitrogen and oxygen atoms in total. The van der Waals surface area contributed by atoms with Crippen molar-refractivity contribution in [1.29, 1.82) is 0 Å². The summed E-state index contributed by atoms with van der Waals surface area (Å²) < 4.78 is 5.80. The fraction of sp³-hybridized carbons (Fsp3) is 0.200. The third-order valence-electron chi connectivity index (χ3n) is 6.02. The van der Waals surface area contributed by atoms with Gasteiger partial charge in [-0.15, -0.1) is 6.42 Å². The molecule has 0 saturated heterocycles. The predicted octanol–water partition coefficient (Wildman–Crippen LogP) is 4.47. The molecule has 2 aliphatic carbocycles. The van der Waals surface area contributed by atoms with Crippen LogP contribution >= 0.6 is 0 Å². The van der Waals surface area contributed by atoms with Crippen molar-refractivity contribution >= 4 is 11.8 Å². The predicted molar refractivity (Wildman–Crippen MR) is 116 cm³/mol. The molecular weight excluding hydrogens is 374 g/mol. The highest BCUT2D eigenvalue weighted by Gasteiger charge is 2.57. The molecule has 1 heterocycles. The standard InChI is InChI=1S/C25H21N3O2/c1-2-16-8-11-20-17(14-16)9-12-21-23(20)24(21)28(25(26)29)22-13-10-19(15-27-22)30-18-6-4-3-5-7-18/h1,3-8,10-11,13-15,21,23-24H,9,12H2,(H2,26,29)/t21-,23+,24?/m0/s1. The Hall–Kier alpha value is -3.78. The van der Waals surface area contributed by atoms with Crippen LogP contribution < -0.4 is 15.4 Å². The molecule has 0 radical (unpaired) electrons. The number of aryl methyl sites for hydroxylation is 1. The highest BCUT2D eigenvalue weighted by atomic mass is 16.5. The number of benzene rings is 2. The van der Waals surface area contributed by atoms with Gasteiger partial charge in [-0.25, -0.2) is 9.78 Å². The Kier molecular flexibility index (Phi) is 4.40. The van der Waals surface area contributed by atoms with Crippen LogP contribution in [0.5, 0.6) is 11.5 Å². The normalized spacial score (nSPS) is 21.0. The van der Waals surface area contributed by atoms with Crippen molar-refractivity contribution in [3.8, 4) is 23.8 Å². The van der Waals surface area contributed by atoms with E-state index in [1.165, 1.54) is 11.1 Å². The highest BCUT2D eigenvalue weighted by molar-refractivity contribution is 5.91. The number of hydrogen-bond acceptors (Lipinski definition) is 3. The van der Waals surface area contributed by atoms with E-state index in [1.54, 1.807) is 17.2 Å². The SMILES string of the molecule is C#Cc1ccc2c(c1)CC[C@@H]1C(N(C(N)=O)c3ccc(Oc4ccccc4)cn3)[C@H]21. The molecule has 3 atom stereocenters. The number of carbonyl (C=O) groups excluding carboxylic acids is 1. The zero-order chi connectivity index (χ0) is 20.7. The van der Waals surface area contributed by atoms with Gasteiger partial charge in [0.15, 0.2) is 0 Å². The lowest BCUT2D eigenvalue weighted by Crippen LogP contribution is -2.39. The summed E-state index contributed by atoms with van der Waals surface area (Å²) in [4.78, 5) is 18.5. The Morgan fingerprint density at radius 3 is 2.67 bits per heavy atom. The first kappa shape index (κ1) is 18.3. The molecule has 148 valence electrons. The van der Waals surface area contributed by atoms with E-state index in [-0.39, 0.29) is 12.0 Å². The molecule has 1 saturated carbocycles. The molecule has 2 aliphatic rings. The van der Waals surface area contributed by atoms with Gasteiger partial charge in [0, 0.05) is 11.5 Å². The van der Waals surface area contributed by atoms with Crippen LogP contribution in [0.15, 0.2) is 66.9 Å². The van der Waals surface area contributed by atoms with Crippen molar-refractivity contribution in [1.82, 2.24) is 4.98 Å².